The molecule has 1 saturated carbocycles. The van der Waals surface area contributed by atoms with Gasteiger partial charge in [-0.2, -0.15) is 17.0 Å². The van der Waals surface area contributed by atoms with Crippen LogP contribution < -0.4 is 0 Å². The molecule has 5 nitrogen and oxygen atoms in total. The predicted octanol–water partition coefficient (Wildman–Crippen LogP) is 0.277. The summed E-state index contributed by atoms with van der Waals surface area (Å²) in [4.78, 5) is 0. The van der Waals surface area contributed by atoms with Crippen LogP contribution in [0.2, 0.25) is 0 Å². The second-order valence-corrected chi connectivity index (χ2v) is 7.29. The Balaban J connectivity index is 1.91. The SMILES string of the molecule is CN(CC1CC1)S(=O)(=O)N1CCC(CO)CC1. The van der Waals surface area contributed by atoms with Gasteiger partial charge in [-0.1, -0.05) is 0 Å². The van der Waals surface area contributed by atoms with E-state index in [9.17, 15) is 8.42 Å². The second kappa shape index (κ2) is 5.22. The van der Waals surface area contributed by atoms with Gasteiger partial charge >= 0.3 is 0 Å². The molecule has 0 aromatic carbocycles. The Labute approximate surface area is 104 Å². The highest BCUT2D eigenvalue weighted by atomic mass is 32.2. The van der Waals surface area contributed by atoms with Gasteiger partial charge in [0.05, 0.1) is 0 Å². The minimum absolute atomic E-state index is 0.172. The molecule has 0 atom stereocenters. The average Bonchev–Trinajstić information content (AvgIpc) is 3.13. The van der Waals surface area contributed by atoms with Gasteiger partial charge in [-0.05, 0) is 37.5 Å². The van der Waals surface area contributed by atoms with Gasteiger partial charge < -0.3 is 5.11 Å². The minimum Gasteiger partial charge on any atom is -0.396 e. The second-order valence-electron chi connectivity index (χ2n) is 5.26. The summed E-state index contributed by atoms with van der Waals surface area (Å²) in [6.45, 7) is 1.92. The molecule has 0 spiro atoms. The molecule has 0 amide bonds. The van der Waals surface area contributed by atoms with Crippen LogP contribution in [0.15, 0.2) is 0 Å². The van der Waals surface area contributed by atoms with Crippen LogP contribution in [-0.4, -0.2) is 55.4 Å². The summed E-state index contributed by atoms with van der Waals surface area (Å²) in [5, 5.41) is 9.04. The predicted molar refractivity (Wildman–Crippen MR) is 65.7 cm³/mol. The first-order valence-electron chi connectivity index (χ1n) is 6.36. The lowest BCUT2D eigenvalue weighted by Crippen LogP contribution is -2.46. The summed E-state index contributed by atoms with van der Waals surface area (Å²) in [6, 6.07) is 0. The van der Waals surface area contributed by atoms with E-state index in [4.69, 9.17) is 5.11 Å². The molecule has 2 aliphatic rings. The first-order valence-corrected chi connectivity index (χ1v) is 7.76. The van der Waals surface area contributed by atoms with E-state index in [0.29, 0.717) is 25.6 Å². The fourth-order valence-corrected chi connectivity index (χ4v) is 3.74. The van der Waals surface area contributed by atoms with E-state index in [1.165, 1.54) is 4.31 Å². The Kier molecular flexibility index (Phi) is 4.07. The molecule has 0 bridgehead atoms. The number of hydrogen-bond acceptors (Lipinski definition) is 3. The number of nitrogens with zero attached hydrogens (tertiary/aromatic N) is 2. The van der Waals surface area contributed by atoms with Crippen molar-refractivity contribution in [2.24, 2.45) is 11.8 Å². The van der Waals surface area contributed by atoms with E-state index >= 15 is 0 Å². The first kappa shape index (κ1) is 13.3. The molecule has 2 rings (SSSR count). The molecule has 1 aliphatic heterocycles. The zero-order valence-electron chi connectivity index (χ0n) is 10.4. The molecular weight excluding hydrogens is 240 g/mol. The van der Waals surface area contributed by atoms with Gasteiger partial charge in [-0.3, -0.25) is 0 Å². The fraction of sp³-hybridized carbons (Fsp3) is 1.00. The Morgan fingerprint density at radius 2 is 1.76 bits per heavy atom. The van der Waals surface area contributed by atoms with Crippen LogP contribution >= 0.6 is 0 Å². The summed E-state index contributed by atoms with van der Waals surface area (Å²) >= 11 is 0. The van der Waals surface area contributed by atoms with Gasteiger partial charge in [0.15, 0.2) is 0 Å². The van der Waals surface area contributed by atoms with Gasteiger partial charge in [0.1, 0.15) is 0 Å². The molecule has 0 aromatic rings. The molecule has 1 N–H and O–H groups in total. The van der Waals surface area contributed by atoms with Gasteiger partial charge in [-0.25, -0.2) is 0 Å². The van der Waals surface area contributed by atoms with Crippen LogP contribution in [0.3, 0.4) is 0 Å². The number of rotatable bonds is 5. The van der Waals surface area contributed by atoms with E-state index in [0.717, 1.165) is 25.7 Å². The third kappa shape index (κ3) is 3.19. The lowest BCUT2D eigenvalue weighted by Gasteiger charge is -2.33. The van der Waals surface area contributed by atoms with E-state index in [-0.39, 0.29) is 12.5 Å². The lowest BCUT2D eigenvalue weighted by atomic mass is 10.00. The van der Waals surface area contributed by atoms with Crippen LogP contribution in [-0.2, 0) is 10.2 Å². The normalized spacial score (nSPS) is 24.4. The van der Waals surface area contributed by atoms with Crippen molar-refractivity contribution >= 4 is 10.2 Å². The largest absolute Gasteiger partial charge is 0.396 e. The molecule has 0 unspecified atom stereocenters. The smallest absolute Gasteiger partial charge is 0.281 e. The number of hydrogen-bond donors (Lipinski definition) is 1. The van der Waals surface area contributed by atoms with Crippen LogP contribution in [0.25, 0.3) is 0 Å². The molecule has 100 valence electrons. The standard InChI is InChI=1S/C11H22N2O3S/c1-12(8-10-2-3-10)17(15,16)13-6-4-11(9-14)5-7-13/h10-11,14H,2-9H2,1H3. The van der Waals surface area contributed by atoms with E-state index in [1.54, 1.807) is 11.4 Å². The van der Waals surface area contributed by atoms with Crippen molar-refractivity contribution in [1.82, 2.24) is 8.61 Å². The highest BCUT2D eigenvalue weighted by Crippen LogP contribution is 2.30. The molecule has 2 fully saturated rings. The quantitative estimate of drug-likeness (QED) is 0.774. The van der Waals surface area contributed by atoms with Crippen LogP contribution in [0.4, 0.5) is 0 Å². The third-order valence-corrected chi connectivity index (χ3v) is 5.72. The van der Waals surface area contributed by atoms with Crippen molar-refractivity contribution in [3.63, 3.8) is 0 Å². The molecule has 1 heterocycles. The Morgan fingerprint density at radius 3 is 2.24 bits per heavy atom. The molecule has 1 saturated heterocycles. The highest BCUT2D eigenvalue weighted by molar-refractivity contribution is 7.86. The van der Waals surface area contributed by atoms with Crippen LogP contribution in [0.5, 0.6) is 0 Å². The third-order valence-electron chi connectivity index (χ3n) is 3.76. The van der Waals surface area contributed by atoms with Crippen molar-refractivity contribution in [2.75, 3.05) is 33.3 Å². The molecular formula is C11H22N2O3S. The topological polar surface area (TPSA) is 60.9 Å². The van der Waals surface area contributed by atoms with Gasteiger partial charge in [0.2, 0.25) is 0 Å². The summed E-state index contributed by atoms with van der Waals surface area (Å²) < 4.78 is 27.5. The van der Waals surface area contributed by atoms with E-state index in [2.05, 4.69) is 0 Å². The van der Waals surface area contributed by atoms with Crippen LogP contribution in [0, 0.1) is 11.8 Å². The maximum absolute atomic E-state index is 12.2. The molecule has 17 heavy (non-hydrogen) atoms. The van der Waals surface area contributed by atoms with Gasteiger partial charge in [-0.15, -0.1) is 0 Å². The summed E-state index contributed by atoms with van der Waals surface area (Å²) in [7, 11) is -1.59. The minimum atomic E-state index is -3.26. The molecule has 0 radical (unpaired) electrons. The molecule has 6 heteroatoms. The Hall–Kier alpha value is -0.170. The first-order chi connectivity index (χ1) is 8.04. The number of piperidine rings is 1. The average molecular weight is 262 g/mol. The van der Waals surface area contributed by atoms with Crippen molar-refractivity contribution in [1.29, 1.82) is 0 Å². The van der Waals surface area contributed by atoms with Crippen molar-refractivity contribution < 1.29 is 13.5 Å². The Bertz CT molecular complexity index is 346. The molecule has 1 aliphatic carbocycles. The fourth-order valence-electron chi connectivity index (χ4n) is 2.28. The maximum atomic E-state index is 12.2. The van der Waals surface area contributed by atoms with E-state index in [1.807, 2.05) is 0 Å². The summed E-state index contributed by atoms with van der Waals surface area (Å²) in [5.41, 5.74) is 0. The highest BCUT2D eigenvalue weighted by Gasteiger charge is 2.33. The maximum Gasteiger partial charge on any atom is 0.281 e. The van der Waals surface area contributed by atoms with E-state index < -0.39 is 10.2 Å². The van der Waals surface area contributed by atoms with Gasteiger partial charge in [0.25, 0.3) is 10.2 Å². The molecule has 0 aromatic heterocycles. The zero-order chi connectivity index (χ0) is 12.5. The van der Waals surface area contributed by atoms with Crippen molar-refractivity contribution in [2.45, 2.75) is 25.7 Å². The lowest BCUT2D eigenvalue weighted by molar-refractivity contribution is 0.166. The van der Waals surface area contributed by atoms with Crippen LogP contribution in [0.1, 0.15) is 25.7 Å². The van der Waals surface area contributed by atoms with Gasteiger partial charge in [0, 0.05) is 33.3 Å². The van der Waals surface area contributed by atoms with Crippen molar-refractivity contribution in [3.05, 3.63) is 0 Å². The zero-order valence-corrected chi connectivity index (χ0v) is 11.2. The number of aliphatic hydroxyl groups excluding tert-OH is 1. The monoisotopic (exact) mass is 262 g/mol. The Morgan fingerprint density at radius 1 is 1.18 bits per heavy atom. The van der Waals surface area contributed by atoms with Crippen molar-refractivity contribution in [3.8, 4) is 0 Å². The summed E-state index contributed by atoms with van der Waals surface area (Å²) in [6.07, 6.45) is 3.86. The summed E-state index contributed by atoms with van der Waals surface area (Å²) in [5.74, 6) is 0.847. The number of aliphatic hydroxyl groups is 1.